The highest BCUT2D eigenvalue weighted by Gasteiger charge is 2.26. The maximum absolute atomic E-state index is 13.2. The minimum absolute atomic E-state index is 0.190. The van der Waals surface area contributed by atoms with Crippen molar-refractivity contribution in [1.82, 2.24) is 4.98 Å². The summed E-state index contributed by atoms with van der Waals surface area (Å²) in [5, 5.41) is 0. The van der Waals surface area contributed by atoms with Gasteiger partial charge in [-0.3, -0.25) is 0 Å². The fourth-order valence-electron chi connectivity index (χ4n) is 2.41. The number of aromatic nitrogens is 1. The van der Waals surface area contributed by atoms with Crippen LogP contribution in [-0.2, 0) is 16.6 Å². The monoisotopic (exact) mass is 354 g/mol. The van der Waals surface area contributed by atoms with E-state index in [4.69, 9.17) is 4.74 Å². The first kappa shape index (κ1) is 17.0. The maximum Gasteiger partial charge on any atom is 0.265 e. The van der Waals surface area contributed by atoms with Crippen molar-refractivity contribution < 1.29 is 13.2 Å². The highest BCUT2D eigenvalue weighted by molar-refractivity contribution is 7.92. The van der Waals surface area contributed by atoms with Gasteiger partial charge in [0.1, 0.15) is 11.6 Å². The largest absolute Gasteiger partial charge is 0.497 e. The van der Waals surface area contributed by atoms with Crippen LogP contribution in [0.3, 0.4) is 0 Å². The smallest absolute Gasteiger partial charge is 0.265 e. The summed E-state index contributed by atoms with van der Waals surface area (Å²) in [5.41, 5.74) is 0.880. The lowest BCUT2D eigenvalue weighted by molar-refractivity contribution is 0.414. The molecule has 0 bridgehead atoms. The molecule has 0 N–H and O–H groups in total. The molecule has 0 aliphatic rings. The Morgan fingerprint density at radius 1 is 0.920 bits per heavy atom. The number of sulfonamides is 1. The van der Waals surface area contributed by atoms with E-state index in [2.05, 4.69) is 4.98 Å². The Balaban J connectivity index is 2.03. The third kappa shape index (κ3) is 3.80. The van der Waals surface area contributed by atoms with Gasteiger partial charge >= 0.3 is 0 Å². The van der Waals surface area contributed by atoms with Crippen LogP contribution in [0.4, 0.5) is 5.82 Å². The highest BCUT2D eigenvalue weighted by Crippen LogP contribution is 2.25. The molecule has 3 rings (SSSR count). The number of ether oxygens (including phenoxy) is 1. The van der Waals surface area contributed by atoms with Gasteiger partial charge in [0.15, 0.2) is 0 Å². The number of methoxy groups -OCH3 is 1. The number of hydrogen-bond acceptors (Lipinski definition) is 4. The number of hydrogen-bond donors (Lipinski definition) is 0. The Hall–Kier alpha value is -2.86. The number of pyridine rings is 1. The van der Waals surface area contributed by atoms with Crippen LogP contribution >= 0.6 is 0 Å². The van der Waals surface area contributed by atoms with E-state index in [9.17, 15) is 8.42 Å². The van der Waals surface area contributed by atoms with Crippen LogP contribution in [0.5, 0.6) is 5.75 Å². The molecule has 2 aromatic carbocycles. The second-order valence-corrected chi connectivity index (χ2v) is 7.22. The third-order valence-corrected chi connectivity index (χ3v) is 5.49. The average molecular weight is 354 g/mol. The molecule has 3 aromatic rings. The van der Waals surface area contributed by atoms with Crippen LogP contribution < -0.4 is 9.04 Å². The molecular formula is C19H18N2O3S. The van der Waals surface area contributed by atoms with Gasteiger partial charge in [-0.2, -0.15) is 0 Å². The highest BCUT2D eigenvalue weighted by atomic mass is 32.2. The lowest BCUT2D eigenvalue weighted by Gasteiger charge is -2.23. The van der Waals surface area contributed by atoms with Crippen molar-refractivity contribution in [1.29, 1.82) is 0 Å². The van der Waals surface area contributed by atoms with E-state index >= 15 is 0 Å². The molecule has 0 aliphatic heterocycles. The molecule has 6 heteroatoms. The summed E-state index contributed by atoms with van der Waals surface area (Å²) in [4.78, 5) is 4.41. The van der Waals surface area contributed by atoms with Gasteiger partial charge in [0.2, 0.25) is 0 Å². The van der Waals surface area contributed by atoms with E-state index in [1.54, 1.807) is 43.6 Å². The summed E-state index contributed by atoms with van der Waals surface area (Å²) < 4.78 is 32.8. The van der Waals surface area contributed by atoms with Crippen molar-refractivity contribution in [3.8, 4) is 5.75 Å². The Bertz CT molecular complexity index is 912. The van der Waals surface area contributed by atoms with Crippen LogP contribution in [-0.4, -0.2) is 20.5 Å². The van der Waals surface area contributed by atoms with Gasteiger partial charge in [-0.15, -0.1) is 0 Å². The summed E-state index contributed by atoms with van der Waals surface area (Å²) in [6, 6.07) is 21.0. The summed E-state index contributed by atoms with van der Waals surface area (Å²) in [6.45, 7) is 0.201. The van der Waals surface area contributed by atoms with Crippen LogP contribution in [0.15, 0.2) is 83.9 Å². The van der Waals surface area contributed by atoms with Crippen LogP contribution in [0.2, 0.25) is 0 Å². The molecule has 0 saturated carbocycles. The Morgan fingerprint density at radius 3 is 2.20 bits per heavy atom. The summed E-state index contributed by atoms with van der Waals surface area (Å²) in [5.74, 6) is 0.980. The molecule has 0 atom stereocenters. The first-order valence-corrected chi connectivity index (χ1v) is 9.17. The molecule has 0 aliphatic carbocycles. The average Bonchev–Trinajstić information content (AvgIpc) is 2.67. The van der Waals surface area contributed by atoms with Crippen molar-refractivity contribution >= 4 is 15.8 Å². The second kappa shape index (κ2) is 7.36. The molecule has 0 radical (unpaired) electrons. The molecule has 1 aromatic heterocycles. The molecule has 5 nitrogen and oxygen atoms in total. The standard InChI is InChI=1S/C19H18N2O3S/c1-24-17-10-12-18(13-11-17)25(22,23)21(19-9-5-6-14-20-19)15-16-7-3-2-4-8-16/h2-14H,15H2,1H3. The van der Waals surface area contributed by atoms with Gasteiger partial charge < -0.3 is 4.74 Å². The zero-order chi connectivity index (χ0) is 17.7. The minimum Gasteiger partial charge on any atom is -0.497 e. The molecule has 128 valence electrons. The molecule has 0 spiro atoms. The molecule has 1 heterocycles. The summed E-state index contributed by atoms with van der Waals surface area (Å²) in [7, 11) is -2.22. The van der Waals surface area contributed by atoms with E-state index < -0.39 is 10.0 Å². The second-order valence-electron chi connectivity index (χ2n) is 5.36. The molecule has 0 amide bonds. The number of anilines is 1. The van der Waals surface area contributed by atoms with Crippen molar-refractivity contribution in [3.05, 3.63) is 84.6 Å². The maximum atomic E-state index is 13.2. The predicted octanol–water partition coefficient (Wildman–Crippen LogP) is 3.49. The molecule has 0 fully saturated rings. The van der Waals surface area contributed by atoms with Crippen LogP contribution in [0, 0.1) is 0 Å². The lowest BCUT2D eigenvalue weighted by atomic mass is 10.2. The fourth-order valence-corrected chi connectivity index (χ4v) is 3.82. The molecule has 0 unspecified atom stereocenters. The van der Waals surface area contributed by atoms with E-state index in [0.29, 0.717) is 11.6 Å². The minimum atomic E-state index is -3.76. The van der Waals surface area contributed by atoms with E-state index in [0.717, 1.165) is 5.56 Å². The zero-order valence-electron chi connectivity index (χ0n) is 13.7. The number of benzene rings is 2. The quantitative estimate of drug-likeness (QED) is 0.680. The van der Waals surface area contributed by atoms with Crippen molar-refractivity contribution in [2.24, 2.45) is 0 Å². The van der Waals surface area contributed by atoms with Crippen LogP contribution in [0.25, 0.3) is 0 Å². The van der Waals surface area contributed by atoms with Crippen molar-refractivity contribution in [2.45, 2.75) is 11.4 Å². The zero-order valence-corrected chi connectivity index (χ0v) is 14.6. The van der Waals surface area contributed by atoms with E-state index in [1.807, 2.05) is 30.3 Å². The Labute approximate surface area is 147 Å². The number of rotatable bonds is 6. The van der Waals surface area contributed by atoms with Gasteiger partial charge in [-0.1, -0.05) is 36.4 Å². The first-order chi connectivity index (χ1) is 12.1. The Kier molecular flexibility index (Phi) is 5.00. The van der Waals surface area contributed by atoms with E-state index in [-0.39, 0.29) is 11.4 Å². The third-order valence-electron chi connectivity index (χ3n) is 3.72. The fraction of sp³-hybridized carbons (Fsp3) is 0.105. The lowest BCUT2D eigenvalue weighted by Crippen LogP contribution is -2.31. The summed E-state index contributed by atoms with van der Waals surface area (Å²) >= 11 is 0. The molecular weight excluding hydrogens is 336 g/mol. The molecule has 0 saturated heterocycles. The SMILES string of the molecule is COc1ccc(S(=O)(=O)N(Cc2ccccc2)c2ccccn2)cc1. The van der Waals surface area contributed by atoms with Crippen LogP contribution in [0.1, 0.15) is 5.56 Å². The van der Waals surface area contributed by atoms with Gasteiger partial charge in [0.05, 0.1) is 18.6 Å². The Morgan fingerprint density at radius 2 is 1.60 bits per heavy atom. The van der Waals surface area contributed by atoms with E-state index in [1.165, 1.54) is 16.4 Å². The van der Waals surface area contributed by atoms with Crippen molar-refractivity contribution in [2.75, 3.05) is 11.4 Å². The van der Waals surface area contributed by atoms with Gasteiger partial charge in [-0.25, -0.2) is 17.7 Å². The van der Waals surface area contributed by atoms with Crippen molar-refractivity contribution in [3.63, 3.8) is 0 Å². The van der Waals surface area contributed by atoms with Gasteiger partial charge in [-0.05, 0) is 42.0 Å². The molecule has 25 heavy (non-hydrogen) atoms. The normalized spacial score (nSPS) is 11.1. The predicted molar refractivity (Wildman–Crippen MR) is 97.0 cm³/mol. The summed E-state index contributed by atoms with van der Waals surface area (Å²) in [6.07, 6.45) is 1.58. The first-order valence-electron chi connectivity index (χ1n) is 7.73. The number of nitrogens with zero attached hydrogens (tertiary/aromatic N) is 2. The van der Waals surface area contributed by atoms with Gasteiger partial charge in [0, 0.05) is 6.20 Å². The topological polar surface area (TPSA) is 59.5 Å². The van der Waals surface area contributed by atoms with Gasteiger partial charge in [0.25, 0.3) is 10.0 Å².